The normalized spacial score (nSPS) is 22.1. The topological polar surface area (TPSA) is 62.5 Å². The van der Waals surface area contributed by atoms with Crippen LogP contribution in [0.4, 0.5) is 4.79 Å². The standard InChI is InChI=1S/C12H18N4O/c1-9(7-13)16-8-11(15(2)12(16)17)10-5-3-4-6-14-10/h3-6,9,11H,7-8,13H2,1-2H3. The second kappa shape index (κ2) is 4.71. The van der Waals surface area contributed by atoms with Gasteiger partial charge in [-0.2, -0.15) is 0 Å². The van der Waals surface area contributed by atoms with Gasteiger partial charge in [0.2, 0.25) is 0 Å². The lowest BCUT2D eigenvalue weighted by molar-refractivity contribution is 0.185. The maximum Gasteiger partial charge on any atom is 0.320 e. The number of carbonyl (C=O) groups excluding carboxylic acids is 1. The summed E-state index contributed by atoms with van der Waals surface area (Å²) in [7, 11) is 1.81. The van der Waals surface area contributed by atoms with Gasteiger partial charge in [0.15, 0.2) is 0 Å². The molecule has 17 heavy (non-hydrogen) atoms. The maximum atomic E-state index is 12.1. The monoisotopic (exact) mass is 234 g/mol. The van der Waals surface area contributed by atoms with Crippen LogP contribution >= 0.6 is 0 Å². The van der Waals surface area contributed by atoms with E-state index in [1.165, 1.54) is 0 Å². The molecule has 0 aliphatic carbocycles. The number of nitrogens with zero attached hydrogens (tertiary/aromatic N) is 3. The third-order valence-electron chi connectivity index (χ3n) is 3.29. The van der Waals surface area contributed by atoms with E-state index >= 15 is 0 Å². The quantitative estimate of drug-likeness (QED) is 0.843. The first-order chi connectivity index (χ1) is 8.15. The number of carbonyl (C=O) groups is 1. The molecule has 2 rings (SSSR count). The number of rotatable bonds is 3. The summed E-state index contributed by atoms with van der Waals surface area (Å²) in [4.78, 5) is 19.9. The van der Waals surface area contributed by atoms with Crippen LogP contribution in [-0.2, 0) is 0 Å². The molecule has 0 radical (unpaired) electrons. The lowest BCUT2D eigenvalue weighted by atomic mass is 10.2. The van der Waals surface area contributed by atoms with Gasteiger partial charge in [-0.3, -0.25) is 4.98 Å². The highest BCUT2D eigenvalue weighted by molar-refractivity contribution is 5.77. The number of hydrogen-bond donors (Lipinski definition) is 1. The van der Waals surface area contributed by atoms with Gasteiger partial charge in [0, 0.05) is 32.4 Å². The average Bonchev–Trinajstić information content (AvgIpc) is 2.67. The molecule has 1 aromatic heterocycles. The molecule has 1 aliphatic rings. The van der Waals surface area contributed by atoms with Crippen LogP contribution in [0, 0.1) is 0 Å². The van der Waals surface area contributed by atoms with E-state index in [9.17, 15) is 4.79 Å². The number of nitrogens with two attached hydrogens (primary N) is 1. The lowest BCUT2D eigenvalue weighted by Crippen LogP contribution is -2.40. The second-order valence-electron chi connectivity index (χ2n) is 4.40. The SMILES string of the molecule is CC(CN)N1CC(c2ccccn2)N(C)C1=O. The van der Waals surface area contributed by atoms with E-state index in [0.717, 1.165) is 5.69 Å². The Balaban J connectivity index is 2.20. The van der Waals surface area contributed by atoms with Gasteiger partial charge in [-0.25, -0.2) is 4.79 Å². The molecule has 2 N–H and O–H groups in total. The fourth-order valence-corrected chi connectivity index (χ4v) is 2.08. The van der Waals surface area contributed by atoms with Gasteiger partial charge in [-0.05, 0) is 19.1 Å². The molecule has 0 spiro atoms. The number of hydrogen-bond acceptors (Lipinski definition) is 3. The minimum Gasteiger partial charge on any atom is -0.328 e. The number of urea groups is 1. The zero-order chi connectivity index (χ0) is 12.4. The highest BCUT2D eigenvalue weighted by atomic mass is 16.2. The third kappa shape index (κ3) is 2.10. The molecule has 2 atom stereocenters. The molecule has 0 aromatic carbocycles. The summed E-state index contributed by atoms with van der Waals surface area (Å²) < 4.78 is 0. The molecule has 1 aromatic rings. The molecule has 2 amide bonds. The van der Waals surface area contributed by atoms with Crippen LogP contribution < -0.4 is 5.73 Å². The van der Waals surface area contributed by atoms with Crippen molar-refractivity contribution in [1.82, 2.24) is 14.8 Å². The van der Waals surface area contributed by atoms with Crippen LogP contribution in [0.1, 0.15) is 18.7 Å². The number of amides is 2. The van der Waals surface area contributed by atoms with E-state index in [1.54, 1.807) is 16.0 Å². The summed E-state index contributed by atoms with van der Waals surface area (Å²) in [5.74, 6) is 0. The molecule has 2 heterocycles. The summed E-state index contributed by atoms with van der Waals surface area (Å²) >= 11 is 0. The van der Waals surface area contributed by atoms with Crippen molar-refractivity contribution in [2.24, 2.45) is 5.73 Å². The highest BCUT2D eigenvalue weighted by Crippen LogP contribution is 2.27. The smallest absolute Gasteiger partial charge is 0.320 e. The van der Waals surface area contributed by atoms with Gasteiger partial charge in [-0.15, -0.1) is 0 Å². The number of pyridine rings is 1. The maximum absolute atomic E-state index is 12.1. The Labute approximate surface area is 101 Å². The minimum absolute atomic E-state index is 0.0256. The van der Waals surface area contributed by atoms with Crippen molar-refractivity contribution in [1.29, 1.82) is 0 Å². The van der Waals surface area contributed by atoms with Gasteiger partial charge < -0.3 is 15.5 Å². The zero-order valence-corrected chi connectivity index (χ0v) is 10.2. The van der Waals surface area contributed by atoms with Crippen LogP contribution in [0.5, 0.6) is 0 Å². The molecule has 1 aliphatic heterocycles. The van der Waals surface area contributed by atoms with Crippen molar-refractivity contribution >= 4 is 6.03 Å². The Bertz CT molecular complexity index is 395. The van der Waals surface area contributed by atoms with Gasteiger partial charge >= 0.3 is 6.03 Å². The lowest BCUT2D eigenvalue weighted by Gasteiger charge is -2.21. The van der Waals surface area contributed by atoms with Gasteiger partial charge in [0.05, 0.1) is 11.7 Å². The first-order valence-corrected chi connectivity index (χ1v) is 5.79. The van der Waals surface area contributed by atoms with Crippen LogP contribution in [0.15, 0.2) is 24.4 Å². The summed E-state index contributed by atoms with van der Waals surface area (Å²) in [5.41, 5.74) is 6.54. The number of aromatic nitrogens is 1. The van der Waals surface area contributed by atoms with E-state index in [1.807, 2.05) is 32.2 Å². The average molecular weight is 234 g/mol. The van der Waals surface area contributed by atoms with Crippen molar-refractivity contribution in [3.63, 3.8) is 0 Å². The molecular weight excluding hydrogens is 216 g/mol. The predicted octanol–water partition coefficient (Wildman–Crippen LogP) is 0.837. The fourth-order valence-electron chi connectivity index (χ4n) is 2.08. The minimum atomic E-state index is 0.0256. The fraction of sp³-hybridized carbons (Fsp3) is 0.500. The van der Waals surface area contributed by atoms with E-state index < -0.39 is 0 Å². The molecule has 0 saturated carbocycles. The molecule has 1 fully saturated rings. The van der Waals surface area contributed by atoms with Crippen LogP contribution in [0.3, 0.4) is 0 Å². The molecule has 5 heteroatoms. The summed E-state index contributed by atoms with van der Waals surface area (Å²) in [6, 6.07) is 5.89. The second-order valence-corrected chi connectivity index (χ2v) is 4.40. The van der Waals surface area contributed by atoms with Crippen LogP contribution in [0.2, 0.25) is 0 Å². The first kappa shape index (κ1) is 11.9. The van der Waals surface area contributed by atoms with Gasteiger partial charge in [0.1, 0.15) is 0 Å². The van der Waals surface area contributed by atoms with E-state index in [4.69, 9.17) is 5.73 Å². The summed E-state index contributed by atoms with van der Waals surface area (Å²) in [5, 5.41) is 0. The molecule has 2 unspecified atom stereocenters. The highest BCUT2D eigenvalue weighted by Gasteiger charge is 2.37. The molecule has 5 nitrogen and oxygen atoms in total. The van der Waals surface area contributed by atoms with E-state index in [0.29, 0.717) is 13.1 Å². The van der Waals surface area contributed by atoms with Crippen molar-refractivity contribution < 1.29 is 4.79 Å². The van der Waals surface area contributed by atoms with Gasteiger partial charge in [-0.1, -0.05) is 6.07 Å². The van der Waals surface area contributed by atoms with Crippen molar-refractivity contribution in [3.8, 4) is 0 Å². The van der Waals surface area contributed by atoms with Crippen molar-refractivity contribution in [2.75, 3.05) is 20.1 Å². The molecule has 1 saturated heterocycles. The van der Waals surface area contributed by atoms with Crippen molar-refractivity contribution in [3.05, 3.63) is 30.1 Å². The summed E-state index contributed by atoms with van der Waals surface area (Å²) in [6.45, 7) is 3.10. The Morgan fingerprint density at radius 1 is 1.59 bits per heavy atom. The van der Waals surface area contributed by atoms with Crippen LogP contribution in [0.25, 0.3) is 0 Å². The summed E-state index contributed by atoms with van der Waals surface area (Å²) in [6.07, 6.45) is 1.75. The Morgan fingerprint density at radius 2 is 2.35 bits per heavy atom. The first-order valence-electron chi connectivity index (χ1n) is 5.79. The number of likely N-dealkylation sites (N-methyl/N-ethyl adjacent to an activating group) is 1. The predicted molar refractivity (Wildman–Crippen MR) is 65.4 cm³/mol. The molecule has 92 valence electrons. The largest absolute Gasteiger partial charge is 0.328 e. The third-order valence-corrected chi connectivity index (χ3v) is 3.29. The molecule has 0 bridgehead atoms. The zero-order valence-electron chi connectivity index (χ0n) is 10.2. The Morgan fingerprint density at radius 3 is 2.94 bits per heavy atom. The van der Waals surface area contributed by atoms with E-state index in [-0.39, 0.29) is 18.1 Å². The van der Waals surface area contributed by atoms with Gasteiger partial charge in [0.25, 0.3) is 0 Å². The Hall–Kier alpha value is -1.62. The molecular formula is C12H18N4O. The van der Waals surface area contributed by atoms with Crippen molar-refractivity contribution in [2.45, 2.75) is 19.0 Å². The Kier molecular flexibility index (Phi) is 3.28. The van der Waals surface area contributed by atoms with E-state index in [2.05, 4.69) is 4.98 Å². The van der Waals surface area contributed by atoms with Crippen LogP contribution in [-0.4, -0.2) is 47.0 Å².